The van der Waals surface area contributed by atoms with Crippen molar-refractivity contribution in [1.82, 2.24) is 9.80 Å². The number of rotatable bonds is 7. The van der Waals surface area contributed by atoms with Gasteiger partial charge in [0.2, 0.25) is 0 Å². The van der Waals surface area contributed by atoms with Crippen LogP contribution in [0, 0.1) is 5.92 Å². The molecule has 0 spiro atoms. The minimum absolute atomic E-state index is 0.280. The van der Waals surface area contributed by atoms with Crippen LogP contribution in [0.3, 0.4) is 0 Å². The quantitative estimate of drug-likeness (QED) is 0.831. The fourth-order valence-corrected chi connectivity index (χ4v) is 2.88. The van der Waals surface area contributed by atoms with E-state index in [1.807, 2.05) is 12.3 Å². The van der Waals surface area contributed by atoms with E-state index in [2.05, 4.69) is 23.6 Å². The third-order valence-electron chi connectivity index (χ3n) is 4.13. The maximum absolute atomic E-state index is 9.30. The first-order valence-corrected chi connectivity index (χ1v) is 7.77. The fraction of sp³-hybridized carbons (Fsp3) is 0.750. The summed E-state index contributed by atoms with van der Waals surface area (Å²) >= 11 is 0. The summed E-state index contributed by atoms with van der Waals surface area (Å²) in [7, 11) is 0. The first-order valence-electron chi connectivity index (χ1n) is 7.77. The molecule has 1 aliphatic rings. The van der Waals surface area contributed by atoms with Crippen molar-refractivity contribution in [2.45, 2.75) is 39.3 Å². The normalized spacial score (nSPS) is 21.7. The number of nitrogens with zero attached hydrogens (tertiary/aromatic N) is 2. The van der Waals surface area contributed by atoms with Crippen molar-refractivity contribution in [3.05, 3.63) is 24.2 Å². The van der Waals surface area contributed by atoms with E-state index in [1.165, 1.54) is 12.0 Å². The van der Waals surface area contributed by atoms with E-state index in [1.54, 1.807) is 6.26 Å². The summed E-state index contributed by atoms with van der Waals surface area (Å²) in [5.74, 6) is 0.744. The van der Waals surface area contributed by atoms with Crippen molar-refractivity contribution in [2.75, 3.05) is 32.8 Å². The minimum Gasteiger partial charge on any atom is -0.472 e. The molecule has 0 saturated carbocycles. The lowest BCUT2D eigenvalue weighted by atomic mass is 10.1. The number of piperazine rings is 1. The van der Waals surface area contributed by atoms with Crippen molar-refractivity contribution in [3.8, 4) is 0 Å². The lowest BCUT2D eigenvalue weighted by Crippen LogP contribution is -2.53. The first-order chi connectivity index (χ1) is 9.69. The Labute approximate surface area is 122 Å². The molecular weight excluding hydrogens is 252 g/mol. The van der Waals surface area contributed by atoms with E-state index in [-0.39, 0.29) is 6.61 Å². The summed E-state index contributed by atoms with van der Waals surface area (Å²) in [4.78, 5) is 5.03. The van der Waals surface area contributed by atoms with E-state index in [0.717, 1.165) is 45.1 Å². The highest BCUT2D eigenvalue weighted by molar-refractivity contribution is 5.05. The van der Waals surface area contributed by atoms with Crippen LogP contribution in [0.25, 0.3) is 0 Å². The highest BCUT2D eigenvalue weighted by atomic mass is 16.3. The van der Waals surface area contributed by atoms with Gasteiger partial charge in [-0.1, -0.05) is 13.8 Å². The molecule has 4 heteroatoms. The van der Waals surface area contributed by atoms with Crippen LogP contribution in [-0.4, -0.2) is 53.7 Å². The van der Waals surface area contributed by atoms with Gasteiger partial charge in [0.1, 0.15) is 0 Å². The van der Waals surface area contributed by atoms with Crippen molar-refractivity contribution >= 4 is 0 Å². The van der Waals surface area contributed by atoms with Crippen LogP contribution in [0.2, 0.25) is 0 Å². The van der Waals surface area contributed by atoms with Crippen LogP contribution in [0.5, 0.6) is 0 Å². The zero-order valence-corrected chi connectivity index (χ0v) is 12.8. The van der Waals surface area contributed by atoms with E-state index in [9.17, 15) is 5.11 Å². The highest BCUT2D eigenvalue weighted by Gasteiger charge is 2.26. The van der Waals surface area contributed by atoms with Gasteiger partial charge in [-0.05, 0) is 31.4 Å². The van der Waals surface area contributed by atoms with Gasteiger partial charge in [-0.25, -0.2) is 0 Å². The molecule has 1 fully saturated rings. The average Bonchev–Trinajstić information content (AvgIpc) is 2.91. The fourth-order valence-electron chi connectivity index (χ4n) is 2.88. The van der Waals surface area contributed by atoms with Crippen molar-refractivity contribution in [3.63, 3.8) is 0 Å². The van der Waals surface area contributed by atoms with Crippen LogP contribution >= 0.6 is 0 Å². The van der Waals surface area contributed by atoms with Crippen molar-refractivity contribution in [1.29, 1.82) is 0 Å². The summed E-state index contributed by atoms with van der Waals surface area (Å²) < 4.78 is 5.14. The van der Waals surface area contributed by atoms with Gasteiger partial charge in [0, 0.05) is 44.4 Å². The highest BCUT2D eigenvalue weighted by Crippen LogP contribution is 2.17. The summed E-state index contributed by atoms with van der Waals surface area (Å²) in [6.45, 7) is 10.2. The van der Waals surface area contributed by atoms with E-state index in [0.29, 0.717) is 6.04 Å². The SMILES string of the molecule is CC(C)CCN1CCN(Cc2ccoc2)C[C@@H]1CCO. The third-order valence-corrected chi connectivity index (χ3v) is 4.13. The second-order valence-electron chi connectivity index (χ2n) is 6.25. The Morgan fingerprint density at radius 1 is 1.40 bits per heavy atom. The topological polar surface area (TPSA) is 39.9 Å². The Hall–Kier alpha value is -0.840. The lowest BCUT2D eigenvalue weighted by Gasteiger charge is -2.41. The molecule has 0 bridgehead atoms. The molecule has 1 aromatic heterocycles. The van der Waals surface area contributed by atoms with Crippen LogP contribution in [-0.2, 0) is 6.54 Å². The first kappa shape index (κ1) is 15.5. The molecule has 114 valence electrons. The zero-order chi connectivity index (χ0) is 14.4. The standard InChI is InChI=1S/C16H28N2O2/c1-14(2)3-6-18-8-7-17(12-16(18)4-9-19)11-15-5-10-20-13-15/h5,10,13-14,16,19H,3-4,6-9,11-12H2,1-2H3/t16-/m0/s1. The van der Waals surface area contributed by atoms with Gasteiger partial charge < -0.3 is 9.52 Å². The van der Waals surface area contributed by atoms with Gasteiger partial charge in [0.05, 0.1) is 12.5 Å². The van der Waals surface area contributed by atoms with Gasteiger partial charge in [0.25, 0.3) is 0 Å². The summed E-state index contributed by atoms with van der Waals surface area (Å²) in [6, 6.07) is 2.52. The molecule has 20 heavy (non-hydrogen) atoms. The van der Waals surface area contributed by atoms with E-state index < -0.39 is 0 Å². The Morgan fingerprint density at radius 2 is 2.25 bits per heavy atom. The van der Waals surface area contributed by atoms with Crippen LogP contribution < -0.4 is 0 Å². The van der Waals surface area contributed by atoms with Gasteiger partial charge in [-0.2, -0.15) is 0 Å². The summed E-state index contributed by atoms with van der Waals surface area (Å²) in [5, 5.41) is 9.30. The average molecular weight is 280 g/mol. The molecule has 0 amide bonds. The van der Waals surface area contributed by atoms with Crippen molar-refractivity contribution < 1.29 is 9.52 Å². The van der Waals surface area contributed by atoms with Gasteiger partial charge in [-0.15, -0.1) is 0 Å². The van der Waals surface area contributed by atoms with Gasteiger partial charge in [0.15, 0.2) is 0 Å². The molecular formula is C16H28N2O2. The molecule has 1 N–H and O–H groups in total. The second kappa shape index (κ2) is 7.81. The Bertz CT molecular complexity index is 365. The third kappa shape index (κ3) is 4.62. The largest absolute Gasteiger partial charge is 0.472 e. The lowest BCUT2D eigenvalue weighted by molar-refractivity contribution is 0.0523. The number of furan rings is 1. The van der Waals surface area contributed by atoms with E-state index in [4.69, 9.17) is 4.42 Å². The molecule has 4 nitrogen and oxygen atoms in total. The number of aliphatic hydroxyl groups is 1. The molecule has 1 saturated heterocycles. The zero-order valence-electron chi connectivity index (χ0n) is 12.8. The molecule has 0 aliphatic carbocycles. The Kier molecular flexibility index (Phi) is 6.07. The molecule has 0 unspecified atom stereocenters. The molecule has 2 heterocycles. The molecule has 0 aromatic carbocycles. The summed E-state index contributed by atoms with van der Waals surface area (Å²) in [6.07, 6.45) is 5.68. The smallest absolute Gasteiger partial charge is 0.0947 e. The minimum atomic E-state index is 0.280. The molecule has 1 atom stereocenters. The Morgan fingerprint density at radius 3 is 2.90 bits per heavy atom. The van der Waals surface area contributed by atoms with Crippen LogP contribution in [0.4, 0.5) is 0 Å². The van der Waals surface area contributed by atoms with Crippen LogP contribution in [0.1, 0.15) is 32.3 Å². The molecule has 2 rings (SSSR count). The van der Waals surface area contributed by atoms with Gasteiger partial charge >= 0.3 is 0 Å². The van der Waals surface area contributed by atoms with Crippen LogP contribution in [0.15, 0.2) is 23.0 Å². The monoisotopic (exact) mass is 280 g/mol. The maximum atomic E-state index is 9.30. The predicted molar refractivity (Wildman–Crippen MR) is 80.5 cm³/mol. The Balaban J connectivity index is 1.86. The molecule has 1 aromatic rings. The second-order valence-corrected chi connectivity index (χ2v) is 6.25. The number of aliphatic hydroxyl groups excluding tert-OH is 1. The predicted octanol–water partition coefficient (Wildman–Crippen LogP) is 2.19. The van der Waals surface area contributed by atoms with E-state index >= 15 is 0 Å². The number of hydrogen-bond donors (Lipinski definition) is 1. The summed E-state index contributed by atoms with van der Waals surface area (Å²) in [5.41, 5.74) is 1.24. The maximum Gasteiger partial charge on any atom is 0.0947 e. The molecule has 0 radical (unpaired) electrons. The van der Waals surface area contributed by atoms with Gasteiger partial charge in [-0.3, -0.25) is 9.80 Å². The molecule has 1 aliphatic heterocycles. The number of hydrogen-bond acceptors (Lipinski definition) is 4. The van der Waals surface area contributed by atoms with Crippen molar-refractivity contribution in [2.24, 2.45) is 5.92 Å².